The molecule has 7 nitrogen and oxygen atoms in total. The Morgan fingerprint density at radius 1 is 0.786 bits per heavy atom. The Labute approximate surface area is 249 Å². The molecule has 0 saturated carbocycles. The highest BCUT2D eigenvalue weighted by atomic mass is 32.2. The van der Waals surface area contributed by atoms with Crippen molar-refractivity contribution in [2.24, 2.45) is 0 Å². The van der Waals surface area contributed by atoms with Crippen molar-refractivity contribution in [3.8, 4) is 5.75 Å². The van der Waals surface area contributed by atoms with Gasteiger partial charge in [-0.1, -0.05) is 84.4 Å². The van der Waals surface area contributed by atoms with Crippen LogP contribution in [-0.2, 0) is 14.8 Å². The van der Waals surface area contributed by atoms with Crippen molar-refractivity contribution in [2.75, 3.05) is 44.1 Å². The molecule has 0 spiro atoms. The molecule has 1 heterocycles. The molecule has 0 bridgehead atoms. The van der Waals surface area contributed by atoms with Gasteiger partial charge in [0.2, 0.25) is 5.91 Å². The number of hydrogen-bond donors (Lipinski definition) is 0. The normalized spacial score (nSPS) is 14.1. The van der Waals surface area contributed by atoms with Gasteiger partial charge in [0.1, 0.15) is 12.3 Å². The standard InChI is InChI=1S/C34H37N3O4S/c1-26-14-17-30(18-15-26)42(39,40)37(31-24-27(2)16-19-32(31)41-3)25-33(38)35-20-22-36(23-21-35)34(28-10-6-4-7-11-28)29-12-8-5-9-13-29/h4-19,24,34H,20-23,25H2,1-3H3. The topological polar surface area (TPSA) is 70.2 Å². The van der Waals surface area contributed by atoms with Gasteiger partial charge < -0.3 is 9.64 Å². The summed E-state index contributed by atoms with van der Waals surface area (Å²) in [5.74, 6) is 0.146. The van der Waals surface area contributed by atoms with E-state index in [2.05, 4.69) is 29.2 Å². The summed E-state index contributed by atoms with van der Waals surface area (Å²) >= 11 is 0. The number of carbonyl (C=O) groups is 1. The van der Waals surface area contributed by atoms with Gasteiger partial charge in [-0.25, -0.2) is 8.42 Å². The molecule has 8 heteroatoms. The zero-order chi connectivity index (χ0) is 29.7. The summed E-state index contributed by atoms with van der Waals surface area (Å²) in [6.45, 7) is 5.79. The van der Waals surface area contributed by atoms with E-state index in [1.165, 1.54) is 22.5 Å². The SMILES string of the molecule is COc1ccc(C)cc1N(CC(=O)N1CCN(C(c2ccccc2)c2ccccc2)CC1)S(=O)(=O)c1ccc(C)cc1. The van der Waals surface area contributed by atoms with Crippen LogP contribution < -0.4 is 9.04 Å². The Morgan fingerprint density at radius 2 is 1.33 bits per heavy atom. The van der Waals surface area contributed by atoms with Crippen LogP contribution in [0.25, 0.3) is 0 Å². The van der Waals surface area contributed by atoms with E-state index in [-0.39, 0.29) is 23.4 Å². The lowest BCUT2D eigenvalue weighted by Crippen LogP contribution is -2.52. The molecule has 218 valence electrons. The first-order valence-corrected chi connectivity index (χ1v) is 15.6. The first kappa shape index (κ1) is 29.4. The van der Waals surface area contributed by atoms with Crippen molar-refractivity contribution in [2.45, 2.75) is 24.8 Å². The fourth-order valence-corrected chi connectivity index (χ4v) is 6.89. The van der Waals surface area contributed by atoms with Crippen molar-refractivity contribution in [3.05, 3.63) is 125 Å². The van der Waals surface area contributed by atoms with Crippen LogP contribution in [0.5, 0.6) is 5.75 Å². The fourth-order valence-electron chi connectivity index (χ4n) is 5.47. The Balaban J connectivity index is 1.39. The molecule has 0 radical (unpaired) electrons. The average Bonchev–Trinajstić information content (AvgIpc) is 3.01. The summed E-state index contributed by atoms with van der Waals surface area (Å²) in [7, 11) is -2.55. The van der Waals surface area contributed by atoms with Crippen LogP contribution in [0.3, 0.4) is 0 Å². The van der Waals surface area contributed by atoms with Crippen LogP contribution in [0.15, 0.2) is 108 Å². The van der Waals surface area contributed by atoms with Crippen LogP contribution in [-0.4, -0.2) is 64.0 Å². The molecule has 0 aromatic heterocycles. The second-order valence-corrected chi connectivity index (χ2v) is 12.5. The van der Waals surface area contributed by atoms with Gasteiger partial charge in [-0.05, 0) is 54.8 Å². The number of anilines is 1. The summed E-state index contributed by atoms with van der Waals surface area (Å²) in [5.41, 5.74) is 4.56. The van der Waals surface area contributed by atoms with Gasteiger partial charge in [-0.15, -0.1) is 0 Å². The lowest BCUT2D eigenvalue weighted by Gasteiger charge is -2.40. The molecule has 0 aliphatic carbocycles. The third-order valence-electron chi connectivity index (χ3n) is 7.75. The van der Waals surface area contributed by atoms with Crippen LogP contribution in [0, 0.1) is 13.8 Å². The van der Waals surface area contributed by atoms with Crippen molar-refractivity contribution >= 4 is 21.6 Å². The maximum Gasteiger partial charge on any atom is 0.264 e. The third kappa shape index (κ3) is 6.35. The summed E-state index contributed by atoms with van der Waals surface area (Å²) in [6, 6.07) is 32.9. The third-order valence-corrected chi connectivity index (χ3v) is 9.53. The summed E-state index contributed by atoms with van der Waals surface area (Å²) < 4.78 is 34.7. The summed E-state index contributed by atoms with van der Waals surface area (Å²) in [4.78, 5) is 18.1. The number of ether oxygens (including phenoxy) is 1. The van der Waals surface area contributed by atoms with Gasteiger partial charge in [0.05, 0.1) is 23.7 Å². The number of carbonyl (C=O) groups excluding carboxylic acids is 1. The Hall–Kier alpha value is -4.14. The molecular formula is C34H37N3O4S. The quantitative estimate of drug-likeness (QED) is 0.263. The number of nitrogens with zero attached hydrogens (tertiary/aromatic N) is 3. The number of sulfonamides is 1. The smallest absolute Gasteiger partial charge is 0.264 e. The van der Waals surface area contributed by atoms with E-state index in [0.717, 1.165) is 11.1 Å². The van der Waals surface area contributed by atoms with Crippen molar-refractivity contribution in [3.63, 3.8) is 0 Å². The van der Waals surface area contributed by atoms with E-state index < -0.39 is 10.0 Å². The fraction of sp³-hybridized carbons (Fsp3) is 0.265. The lowest BCUT2D eigenvalue weighted by atomic mass is 9.96. The Morgan fingerprint density at radius 3 is 1.88 bits per heavy atom. The van der Waals surface area contributed by atoms with Gasteiger partial charge >= 0.3 is 0 Å². The number of hydrogen-bond acceptors (Lipinski definition) is 5. The highest BCUT2D eigenvalue weighted by Gasteiger charge is 2.33. The van der Waals surface area contributed by atoms with Gasteiger partial charge in [0.25, 0.3) is 10.0 Å². The highest BCUT2D eigenvalue weighted by molar-refractivity contribution is 7.92. The number of rotatable bonds is 9. The van der Waals surface area contributed by atoms with Crippen molar-refractivity contribution in [1.29, 1.82) is 0 Å². The van der Waals surface area contributed by atoms with Crippen molar-refractivity contribution in [1.82, 2.24) is 9.80 Å². The lowest BCUT2D eigenvalue weighted by molar-refractivity contribution is -0.131. The van der Waals surface area contributed by atoms with E-state index in [0.29, 0.717) is 37.6 Å². The molecule has 0 unspecified atom stereocenters. The number of aryl methyl sites for hydroxylation is 2. The minimum atomic E-state index is -4.05. The first-order valence-electron chi connectivity index (χ1n) is 14.1. The number of amides is 1. The molecule has 0 N–H and O–H groups in total. The molecule has 1 aliphatic rings. The molecule has 1 aliphatic heterocycles. The predicted molar refractivity (Wildman–Crippen MR) is 166 cm³/mol. The molecule has 1 fully saturated rings. The minimum Gasteiger partial charge on any atom is -0.495 e. The molecular weight excluding hydrogens is 546 g/mol. The second kappa shape index (κ2) is 12.8. The second-order valence-electron chi connectivity index (χ2n) is 10.6. The monoisotopic (exact) mass is 583 g/mol. The molecule has 1 amide bonds. The number of piperazine rings is 1. The van der Waals surface area contributed by atoms with Crippen LogP contribution in [0.1, 0.15) is 28.3 Å². The van der Waals surface area contributed by atoms with E-state index in [4.69, 9.17) is 4.74 Å². The predicted octanol–water partition coefficient (Wildman–Crippen LogP) is 5.44. The van der Waals surface area contributed by atoms with E-state index in [1.54, 1.807) is 41.3 Å². The average molecular weight is 584 g/mol. The van der Waals surface area contributed by atoms with Gasteiger partial charge in [0.15, 0.2) is 0 Å². The first-order chi connectivity index (χ1) is 20.3. The van der Waals surface area contributed by atoms with E-state index in [1.807, 2.05) is 56.3 Å². The molecule has 42 heavy (non-hydrogen) atoms. The Bertz CT molecular complexity index is 1560. The van der Waals surface area contributed by atoms with Crippen molar-refractivity contribution < 1.29 is 17.9 Å². The zero-order valence-corrected chi connectivity index (χ0v) is 25.1. The van der Waals surface area contributed by atoms with E-state index >= 15 is 0 Å². The maximum absolute atomic E-state index is 14.0. The number of methoxy groups -OCH3 is 1. The largest absolute Gasteiger partial charge is 0.495 e. The molecule has 4 aromatic carbocycles. The maximum atomic E-state index is 14.0. The van der Waals surface area contributed by atoms with Gasteiger partial charge in [-0.2, -0.15) is 0 Å². The molecule has 1 saturated heterocycles. The van der Waals surface area contributed by atoms with Crippen LogP contribution in [0.4, 0.5) is 5.69 Å². The molecule has 5 rings (SSSR count). The summed E-state index contributed by atoms with van der Waals surface area (Å²) in [6.07, 6.45) is 0. The molecule has 4 aromatic rings. The Kier molecular flexibility index (Phi) is 8.94. The van der Waals surface area contributed by atoms with Crippen LogP contribution >= 0.6 is 0 Å². The van der Waals surface area contributed by atoms with E-state index in [9.17, 15) is 13.2 Å². The number of benzene rings is 4. The summed E-state index contributed by atoms with van der Waals surface area (Å²) in [5, 5.41) is 0. The van der Waals surface area contributed by atoms with Gasteiger partial charge in [-0.3, -0.25) is 14.0 Å². The molecule has 0 atom stereocenters. The zero-order valence-electron chi connectivity index (χ0n) is 24.3. The van der Waals surface area contributed by atoms with Gasteiger partial charge in [0, 0.05) is 26.2 Å². The highest BCUT2D eigenvalue weighted by Crippen LogP contribution is 2.34. The minimum absolute atomic E-state index is 0.0691. The van der Waals surface area contributed by atoms with Crippen LogP contribution in [0.2, 0.25) is 0 Å².